The molecule has 1 heterocycles. The second-order valence-corrected chi connectivity index (χ2v) is 7.29. The van der Waals surface area contributed by atoms with E-state index < -0.39 is 5.18 Å². The van der Waals surface area contributed by atoms with E-state index in [1.165, 1.54) is 38.5 Å². The minimum atomic E-state index is -1.15. The minimum absolute atomic E-state index is 0.230. The molecule has 0 saturated carbocycles. The smallest absolute Gasteiger partial charge is 0.311 e. The molecule has 2 rings (SSSR count). The van der Waals surface area contributed by atoms with Gasteiger partial charge in [-0.1, -0.05) is 63.3 Å². The third kappa shape index (κ3) is 6.48. The summed E-state index contributed by atoms with van der Waals surface area (Å²) in [6.07, 6.45) is 9.87. The number of fused-ring (bicyclic) bond motifs is 1. The van der Waals surface area contributed by atoms with Gasteiger partial charge in [-0.25, -0.2) is 0 Å². The van der Waals surface area contributed by atoms with Crippen LogP contribution in [0.3, 0.4) is 0 Å². The first-order valence-electron chi connectivity index (χ1n) is 8.83. The summed E-state index contributed by atoms with van der Waals surface area (Å²) in [5, 5.41) is 5.02. The standard InChI is InChI=1S/C18H28N2O2S2/c21-17(13-7-5-3-1-2-4-6-10-14-23)22-18(24)19-15-11-8-9-12-16(15)20-18/h8-9,11-12,19-20,23-24H,1-7,10,13-14H2. The molecule has 0 saturated heterocycles. The van der Waals surface area contributed by atoms with Crippen LogP contribution in [-0.2, 0) is 9.53 Å². The minimum Gasteiger partial charge on any atom is -0.411 e. The lowest BCUT2D eigenvalue weighted by molar-refractivity contribution is -0.148. The molecular weight excluding hydrogens is 340 g/mol. The number of unbranched alkanes of at least 4 members (excludes halogenated alkanes) is 7. The van der Waals surface area contributed by atoms with Crippen LogP contribution < -0.4 is 10.6 Å². The molecule has 0 atom stereocenters. The fraction of sp³-hybridized carbons (Fsp3) is 0.611. The third-order valence-electron chi connectivity index (χ3n) is 4.09. The lowest BCUT2D eigenvalue weighted by Crippen LogP contribution is -2.40. The molecule has 0 unspecified atom stereocenters. The SMILES string of the molecule is O=C(CCCCCCCCCCS)OC1(S)Nc2ccccc2N1. The number of thiol groups is 2. The largest absolute Gasteiger partial charge is 0.411 e. The molecule has 0 bridgehead atoms. The van der Waals surface area contributed by atoms with Gasteiger partial charge in [-0.05, 0) is 30.7 Å². The Morgan fingerprint density at radius 3 is 1.96 bits per heavy atom. The van der Waals surface area contributed by atoms with Crippen molar-refractivity contribution < 1.29 is 9.53 Å². The number of carbonyl (C=O) groups excluding carboxylic acids is 1. The van der Waals surface area contributed by atoms with E-state index in [1.54, 1.807) is 0 Å². The van der Waals surface area contributed by atoms with Crippen molar-refractivity contribution in [2.24, 2.45) is 0 Å². The van der Waals surface area contributed by atoms with Crippen LogP contribution in [0, 0.1) is 0 Å². The number of benzene rings is 1. The fourth-order valence-corrected chi connectivity index (χ4v) is 3.37. The molecule has 134 valence electrons. The maximum atomic E-state index is 12.0. The Kier molecular flexibility index (Phi) is 8.12. The summed E-state index contributed by atoms with van der Waals surface area (Å²) in [7, 11) is 0. The van der Waals surface area contributed by atoms with Crippen LogP contribution in [0.15, 0.2) is 24.3 Å². The van der Waals surface area contributed by atoms with E-state index >= 15 is 0 Å². The van der Waals surface area contributed by atoms with Crippen molar-refractivity contribution in [1.29, 1.82) is 0 Å². The molecule has 2 N–H and O–H groups in total. The number of para-hydroxylation sites is 2. The maximum Gasteiger partial charge on any atom is 0.311 e. The van der Waals surface area contributed by atoms with Crippen LogP contribution in [0.25, 0.3) is 0 Å². The van der Waals surface area contributed by atoms with Crippen LogP contribution in [0.1, 0.15) is 57.8 Å². The molecule has 0 amide bonds. The molecular formula is C18H28N2O2S2. The van der Waals surface area contributed by atoms with E-state index in [4.69, 9.17) is 4.74 Å². The van der Waals surface area contributed by atoms with Gasteiger partial charge < -0.3 is 15.4 Å². The van der Waals surface area contributed by atoms with Crippen molar-refractivity contribution in [3.8, 4) is 0 Å². The first kappa shape index (κ1) is 19.3. The highest BCUT2D eigenvalue weighted by molar-refractivity contribution is 7.81. The van der Waals surface area contributed by atoms with E-state index in [0.717, 1.165) is 30.0 Å². The monoisotopic (exact) mass is 368 g/mol. The normalized spacial score (nSPS) is 14.6. The van der Waals surface area contributed by atoms with Crippen molar-refractivity contribution in [3.05, 3.63) is 24.3 Å². The summed E-state index contributed by atoms with van der Waals surface area (Å²) in [5.41, 5.74) is 1.77. The molecule has 0 aliphatic carbocycles. The predicted octanol–water partition coefficient (Wildman–Crippen LogP) is 5.05. The topological polar surface area (TPSA) is 50.4 Å². The number of hydrogen-bond acceptors (Lipinski definition) is 6. The summed E-state index contributed by atoms with van der Waals surface area (Å²) >= 11 is 8.63. The molecule has 4 nitrogen and oxygen atoms in total. The van der Waals surface area contributed by atoms with Gasteiger partial charge in [-0.2, -0.15) is 12.6 Å². The number of carbonyl (C=O) groups is 1. The third-order valence-corrected chi connectivity index (χ3v) is 4.72. The Hall–Kier alpha value is -1.01. The molecule has 1 aliphatic rings. The Labute approximate surface area is 155 Å². The highest BCUT2D eigenvalue weighted by Crippen LogP contribution is 2.36. The van der Waals surface area contributed by atoms with E-state index in [0.29, 0.717) is 6.42 Å². The first-order chi connectivity index (χ1) is 11.6. The molecule has 0 fully saturated rings. The number of rotatable bonds is 11. The van der Waals surface area contributed by atoms with E-state index in [1.807, 2.05) is 24.3 Å². The first-order valence-corrected chi connectivity index (χ1v) is 9.91. The molecule has 24 heavy (non-hydrogen) atoms. The molecule has 1 aliphatic heterocycles. The molecule has 0 spiro atoms. The molecule has 1 aromatic carbocycles. The quantitative estimate of drug-likeness (QED) is 0.191. The Bertz CT molecular complexity index is 500. The van der Waals surface area contributed by atoms with Gasteiger partial charge in [0.15, 0.2) is 0 Å². The second kappa shape index (κ2) is 10.1. The van der Waals surface area contributed by atoms with Crippen LogP contribution in [0.4, 0.5) is 11.4 Å². The average Bonchev–Trinajstić information content (AvgIpc) is 2.88. The van der Waals surface area contributed by atoms with Crippen molar-refractivity contribution in [2.45, 2.75) is 63.0 Å². The highest BCUT2D eigenvalue weighted by atomic mass is 32.1. The molecule has 6 heteroatoms. The van der Waals surface area contributed by atoms with Crippen LogP contribution in [0.5, 0.6) is 0 Å². The maximum absolute atomic E-state index is 12.0. The molecule has 1 aromatic rings. The van der Waals surface area contributed by atoms with Crippen molar-refractivity contribution >= 4 is 42.6 Å². The summed E-state index contributed by atoms with van der Waals surface area (Å²) in [5.74, 6) is 0.760. The van der Waals surface area contributed by atoms with Crippen molar-refractivity contribution in [3.63, 3.8) is 0 Å². The zero-order valence-electron chi connectivity index (χ0n) is 14.1. The van der Waals surface area contributed by atoms with Gasteiger partial charge in [-0.3, -0.25) is 4.79 Å². The van der Waals surface area contributed by atoms with Crippen LogP contribution in [0.2, 0.25) is 0 Å². The zero-order chi connectivity index (χ0) is 17.3. The lowest BCUT2D eigenvalue weighted by Gasteiger charge is -2.24. The van der Waals surface area contributed by atoms with Crippen molar-refractivity contribution in [2.75, 3.05) is 16.4 Å². The Balaban J connectivity index is 1.54. The summed E-state index contributed by atoms with van der Waals surface area (Å²) in [6, 6.07) is 7.69. The highest BCUT2D eigenvalue weighted by Gasteiger charge is 2.36. The zero-order valence-corrected chi connectivity index (χ0v) is 15.9. The summed E-state index contributed by atoms with van der Waals surface area (Å²) in [4.78, 5) is 12.0. The van der Waals surface area contributed by atoms with Gasteiger partial charge in [0.25, 0.3) is 0 Å². The molecule has 0 radical (unpaired) electrons. The number of hydrogen-bond donors (Lipinski definition) is 4. The molecule has 0 aromatic heterocycles. The average molecular weight is 369 g/mol. The van der Waals surface area contributed by atoms with Crippen LogP contribution in [-0.4, -0.2) is 16.9 Å². The summed E-state index contributed by atoms with van der Waals surface area (Å²) < 4.78 is 5.45. The van der Waals surface area contributed by atoms with E-state index in [2.05, 4.69) is 35.9 Å². The summed E-state index contributed by atoms with van der Waals surface area (Å²) in [6.45, 7) is 0. The van der Waals surface area contributed by atoms with Gasteiger partial charge in [-0.15, -0.1) is 0 Å². The predicted molar refractivity (Wildman–Crippen MR) is 107 cm³/mol. The van der Waals surface area contributed by atoms with E-state index in [9.17, 15) is 4.79 Å². The van der Waals surface area contributed by atoms with Crippen LogP contribution >= 0.6 is 25.3 Å². The second-order valence-electron chi connectivity index (χ2n) is 6.22. The number of anilines is 2. The van der Waals surface area contributed by atoms with Gasteiger partial charge >= 0.3 is 11.2 Å². The van der Waals surface area contributed by atoms with Gasteiger partial charge in [0.05, 0.1) is 11.4 Å². The van der Waals surface area contributed by atoms with E-state index in [-0.39, 0.29) is 5.97 Å². The van der Waals surface area contributed by atoms with Gasteiger partial charge in [0.2, 0.25) is 0 Å². The lowest BCUT2D eigenvalue weighted by atomic mass is 10.1. The van der Waals surface area contributed by atoms with Crippen molar-refractivity contribution in [1.82, 2.24) is 0 Å². The van der Waals surface area contributed by atoms with Gasteiger partial charge in [0, 0.05) is 6.42 Å². The number of nitrogens with one attached hydrogen (secondary N) is 2. The Morgan fingerprint density at radius 2 is 1.42 bits per heavy atom. The number of ether oxygens (including phenoxy) is 1. The number of esters is 1. The Morgan fingerprint density at radius 1 is 0.917 bits per heavy atom. The fourth-order valence-electron chi connectivity index (χ4n) is 2.81. The van der Waals surface area contributed by atoms with Gasteiger partial charge in [0.1, 0.15) is 0 Å².